The maximum Gasteiger partial charge on any atom is 0.192 e. The van der Waals surface area contributed by atoms with Crippen molar-refractivity contribution in [1.29, 1.82) is 0 Å². The summed E-state index contributed by atoms with van der Waals surface area (Å²) in [7, 11) is 0. The van der Waals surface area contributed by atoms with Gasteiger partial charge in [0.2, 0.25) is 0 Å². The summed E-state index contributed by atoms with van der Waals surface area (Å²) in [6, 6.07) is 0. The Bertz CT molecular complexity index is 600. The first-order valence-corrected chi connectivity index (χ1v) is 7.64. The SMILES string of the molecule is NC1(N)C2C=CC(C2)C1(N)NC1(N=O)C2C=CC(C2)C1(N)N. The van der Waals surface area contributed by atoms with Crippen LogP contribution in [0.15, 0.2) is 29.5 Å². The lowest BCUT2D eigenvalue weighted by atomic mass is 9.78. The number of nitrogens with one attached hydrogen (secondary N) is 1. The summed E-state index contributed by atoms with van der Waals surface area (Å²) in [4.78, 5) is 11.8. The molecule has 0 aromatic heterocycles. The van der Waals surface area contributed by atoms with E-state index in [0.717, 1.165) is 6.42 Å². The maximum atomic E-state index is 11.8. The molecule has 0 aromatic rings. The summed E-state index contributed by atoms with van der Waals surface area (Å²) in [6.07, 6.45) is 9.27. The molecule has 0 spiro atoms. The van der Waals surface area contributed by atoms with Crippen molar-refractivity contribution in [2.45, 2.75) is 35.5 Å². The zero-order valence-corrected chi connectivity index (χ0v) is 12.3. The first-order valence-electron chi connectivity index (χ1n) is 7.64. The Morgan fingerprint density at radius 3 is 1.77 bits per heavy atom. The summed E-state index contributed by atoms with van der Waals surface area (Å²) in [6.45, 7) is 0. The third-order valence-electron chi connectivity index (χ3n) is 6.43. The molecule has 4 aliphatic carbocycles. The smallest absolute Gasteiger partial charge is 0.192 e. The van der Waals surface area contributed by atoms with Crippen molar-refractivity contribution in [3.8, 4) is 0 Å². The molecule has 22 heavy (non-hydrogen) atoms. The van der Waals surface area contributed by atoms with Gasteiger partial charge in [-0.3, -0.25) is 5.32 Å². The molecule has 4 bridgehead atoms. The van der Waals surface area contributed by atoms with Crippen molar-refractivity contribution in [3.63, 3.8) is 0 Å². The van der Waals surface area contributed by atoms with Crippen molar-refractivity contribution in [2.75, 3.05) is 0 Å². The van der Waals surface area contributed by atoms with E-state index in [0.29, 0.717) is 6.42 Å². The molecule has 8 heteroatoms. The summed E-state index contributed by atoms with van der Waals surface area (Å²) in [5.41, 5.74) is 26.7. The Morgan fingerprint density at radius 2 is 1.32 bits per heavy atom. The zero-order chi connectivity index (χ0) is 16.0. The van der Waals surface area contributed by atoms with Crippen molar-refractivity contribution in [3.05, 3.63) is 29.2 Å². The maximum absolute atomic E-state index is 11.8. The van der Waals surface area contributed by atoms with E-state index in [1.165, 1.54) is 0 Å². The molecule has 11 N–H and O–H groups in total. The van der Waals surface area contributed by atoms with Crippen LogP contribution in [0.3, 0.4) is 0 Å². The van der Waals surface area contributed by atoms with Crippen LogP contribution in [0.1, 0.15) is 12.8 Å². The number of hydrogen-bond donors (Lipinski definition) is 6. The lowest BCUT2D eigenvalue weighted by Crippen LogP contribution is -2.86. The van der Waals surface area contributed by atoms with E-state index in [1.807, 2.05) is 24.3 Å². The molecule has 6 unspecified atom stereocenters. The van der Waals surface area contributed by atoms with Gasteiger partial charge in [-0.25, -0.2) is 0 Å². The van der Waals surface area contributed by atoms with Crippen LogP contribution in [0.4, 0.5) is 0 Å². The van der Waals surface area contributed by atoms with E-state index in [9.17, 15) is 4.91 Å². The minimum absolute atomic E-state index is 0.0437. The van der Waals surface area contributed by atoms with Crippen LogP contribution in [0, 0.1) is 28.6 Å². The quantitative estimate of drug-likeness (QED) is 0.205. The number of rotatable bonds is 3. The van der Waals surface area contributed by atoms with Crippen LogP contribution >= 0.6 is 0 Å². The first kappa shape index (κ1) is 14.4. The monoisotopic (exact) mass is 305 g/mol. The standard InChI is InChI=1S/C14H23N7O/c15-11(16)7-1-3-9(5-7)13(11,19)20-14(21-22)10-4-2-8(6-10)12(14,17)18/h1-4,7-10,20H,5-6,15-19H2. The van der Waals surface area contributed by atoms with Gasteiger partial charge in [0.1, 0.15) is 17.0 Å². The molecule has 0 aromatic carbocycles. The molecule has 4 aliphatic rings. The lowest BCUT2D eigenvalue weighted by molar-refractivity contribution is 0.0537. The predicted molar refractivity (Wildman–Crippen MR) is 82.3 cm³/mol. The molecule has 8 nitrogen and oxygen atoms in total. The molecule has 0 amide bonds. The Morgan fingerprint density at radius 1 is 0.818 bits per heavy atom. The second kappa shape index (κ2) is 3.84. The average Bonchev–Trinajstić information content (AvgIpc) is 3.16. The van der Waals surface area contributed by atoms with Crippen molar-refractivity contribution >= 4 is 0 Å². The Labute approximate surface area is 128 Å². The van der Waals surface area contributed by atoms with Gasteiger partial charge < -0.3 is 28.7 Å². The Kier molecular flexibility index (Phi) is 2.52. The fraction of sp³-hybridized carbons (Fsp3) is 0.714. The highest BCUT2D eigenvalue weighted by molar-refractivity contribution is 5.35. The normalized spacial score (nSPS) is 52.6. The number of fused-ring (bicyclic) bond motifs is 4. The highest BCUT2D eigenvalue weighted by atomic mass is 16.3. The highest BCUT2D eigenvalue weighted by Crippen LogP contribution is 2.54. The van der Waals surface area contributed by atoms with Gasteiger partial charge in [0.25, 0.3) is 0 Å². The fourth-order valence-electron chi connectivity index (χ4n) is 4.87. The second-order valence-corrected chi connectivity index (χ2v) is 7.38. The number of nitroso groups, excluding NO2 is 1. The van der Waals surface area contributed by atoms with Crippen LogP contribution in [-0.4, -0.2) is 22.7 Å². The topological polar surface area (TPSA) is 172 Å². The van der Waals surface area contributed by atoms with Gasteiger partial charge in [-0.15, -0.1) is 4.91 Å². The summed E-state index contributed by atoms with van der Waals surface area (Å²) in [5.74, 6) is -0.447. The van der Waals surface area contributed by atoms with E-state index >= 15 is 0 Å². The number of nitrogens with two attached hydrogens (primary N) is 5. The van der Waals surface area contributed by atoms with Crippen LogP contribution in [0.2, 0.25) is 0 Å². The highest BCUT2D eigenvalue weighted by Gasteiger charge is 2.70. The van der Waals surface area contributed by atoms with E-state index in [-0.39, 0.29) is 23.7 Å². The largest absolute Gasteiger partial charge is 0.310 e. The molecular weight excluding hydrogens is 282 g/mol. The van der Waals surface area contributed by atoms with Gasteiger partial charge in [0.05, 0.1) is 0 Å². The molecule has 6 atom stereocenters. The zero-order valence-electron chi connectivity index (χ0n) is 12.3. The van der Waals surface area contributed by atoms with Gasteiger partial charge in [0, 0.05) is 23.7 Å². The molecule has 0 radical (unpaired) electrons. The van der Waals surface area contributed by atoms with Crippen molar-refractivity contribution < 1.29 is 0 Å². The molecule has 0 saturated heterocycles. The molecule has 0 heterocycles. The third-order valence-corrected chi connectivity index (χ3v) is 6.43. The summed E-state index contributed by atoms with van der Waals surface area (Å²) >= 11 is 0. The average molecular weight is 305 g/mol. The third kappa shape index (κ3) is 1.30. The van der Waals surface area contributed by atoms with Crippen LogP contribution in [0.25, 0.3) is 0 Å². The Balaban J connectivity index is 1.78. The fourth-order valence-corrected chi connectivity index (χ4v) is 4.87. The van der Waals surface area contributed by atoms with Crippen molar-refractivity contribution in [1.82, 2.24) is 5.32 Å². The van der Waals surface area contributed by atoms with Gasteiger partial charge >= 0.3 is 0 Å². The van der Waals surface area contributed by atoms with E-state index < -0.39 is 22.7 Å². The summed E-state index contributed by atoms with van der Waals surface area (Å²) < 4.78 is 0. The van der Waals surface area contributed by atoms with Gasteiger partial charge in [-0.1, -0.05) is 24.3 Å². The molecule has 2 saturated carbocycles. The van der Waals surface area contributed by atoms with Gasteiger partial charge in [0.15, 0.2) is 5.66 Å². The molecule has 120 valence electrons. The van der Waals surface area contributed by atoms with Crippen molar-refractivity contribution in [2.24, 2.45) is 57.5 Å². The molecule has 2 fully saturated rings. The lowest BCUT2D eigenvalue weighted by Gasteiger charge is -2.52. The van der Waals surface area contributed by atoms with E-state index in [1.54, 1.807) is 0 Å². The number of hydrogen-bond acceptors (Lipinski definition) is 8. The first-order chi connectivity index (χ1) is 10.2. The van der Waals surface area contributed by atoms with Crippen LogP contribution in [-0.2, 0) is 0 Å². The van der Waals surface area contributed by atoms with Gasteiger partial charge in [-0.05, 0) is 18.0 Å². The van der Waals surface area contributed by atoms with E-state index in [2.05, 4.69) is 10.5 Å². The summed E-state index contributed by atoms with van der Waals surface area (Å²) in [5, 5.41) is 6.49. The van der Waals surface area contributed by atoms with Gasteiger partial charge in [-0.2, -0.15) is 0 Å². The van der Waals surface area contributed by atoms with Crippen LogP contribution in [0.5, 0.6) is 0 Å². The molecule has 0 aliphatic heterocycles. The van der Waals surface area contributed by atoms with Crippen LogP contribution < -0.4 is 34.0 Å². The second-order valence-electron chi connectivity index (χ2n) is 7.38. The number of nitrogens with zero attached hydrogens (tertiary/aromatic N) is 1. The minimum Gasteiger partial charge on any atom is -0.310 e. The van der Waals surface area contributed by atoms with E-state index in [4.69, 9.17) is 28.7 Å². The molecule has 4 rings (SSSR count). The molecular formula is C14H23N7O. The predicted octanol–water partition coefficient (Wildman–Crippen LogP) is -1.67. The Hall–Kier alpha value is -1.16. The minimum atomic E-state index is -1.40.